The highest BCUT2D eigenvalue weighted by atomic mass is 31.0. The van der Waals surface area contributed by atoms with Gasteiger partial charge in [-0.1, -0.05) is 24.3 Å². The van der Waals surface area contributed by atoms with Gasteiger partial charge in [0.15, 0.2) is 0 Å². The molecule has 5 unspecified atom stereocenters. The molecule has 0 saturated heterocycles. The van der Waals surface area contributed by atoms with Crippen LogP contribution in [0.25, 0.3) is 11.1 Å². The normalized spacial score (nSPS) is 13.9. The van der Waals surface area contributed by atoms with Crippen molar-refractivity contribution in [1.29, 1.82) is 0 Å². The van der Waals surface area contributed by atoms with Crippen LogP contribution in [0.3, 0.4) is 0 Å². The van der Waals surface area contributed by atoms with E-state index in [0.717, 1.165) is 16.9 Å². The lowest BCUT2D eigenvalue weighted by Gasteiger charge is -2.20. The van der Waals surface area contributed by atoms with Crippen molar-refractivity contribution in [3.63, 3.8) is 0 Å². The number of carbonyl (C=O) groups is 2. The zero-order valence-corrected chi connectivity index (χ0v) is 26.2. The maximum Gasteiger partial charge on any atom is 0.312 e. The number of benzene rings is 3. The minimum atomic E-state index is -0.273. The highest BCUT2D eigenvalue weighted by Crippen LogP contribution is 2.24. The first kappa shape index (κ1) is 33.1. The van der Waals surface area contributed by atoms with Crippen molar-refractivity contribution in [2.45, 2.75) is 58.6 Å². The Hall–Kier alpha value is -3.45. The molecule has 0 fully saturated rings. The van der Waals surface area contributed by atoms with Gasteiger partial charge in [-0.2, -0.15) is 0 Å². The molecule has 1 N–H and O–H groups in total. The quantitative estimate of drug-likeness (QED) is 0.152. The van der Waals surface area contributed by atoms with Gasteiger partial charge in [0.05, 0.1) is 37.7 Å². The molecule has 0 aliphatic heterocycles. The van der Waals surface area contributed by atoms with Crippen molar-refractivity contribution in [2.24, 2.45) is 0 Å². The first-order valence-corrected chi connectivity index (χ1v) is 14.9. The van der Waals surface area contributed by atoms with Gasteiger partial charge >= 0.3 is 5.97 Å². The second-order valence-electron chi connectivity index (χ2n) is 10.1. The molecular weight excluding hydrogens is 553 g/mol. The van der Waals surface area contributed by atoms with Crippen LogP contribution in [0, 0.1) is 0 Å². The van der Waals surface area contributed by atoms with E-state index in [0.29, 0.717) is 36.8 Å². The van der Waals surface area contributed by atoms with E-state index in [1.165, 1.54) is 0 Å². The van der Waals surface area contributed by atoms with Crippen LogP contribution in [-0.4, -0.2) is 62.3 Å². The summed E-state index contributed by atoms with van der Waals surface area (Å²) in [6, 6.07) is 22.7. The Morgan fingerprint density at radius 2 is 1.24 bits per heavy atom. The molecule has 0 spiro atoms. The number of nitrogens with one attached hydrogen (secondary N) is 1. The summed E-state index contributed by atoms with van der Waals surface area (Å²) in [6.07, 6.45) is -0.587. The molecule has 9 heteroatoms. The smallest absolute Gasteiger partial charge is 0.312 e. The average Bonchev–Trinajstić information content (AvgIpc) is 2.99. The Labute approximate surface area is 251 Å². The summed E-state index contributed by atoms with van der Waals surface area (Å²) in [5.74, 6) is 1.01. The van der Waals surface area contributed by atoms with Gasteiger partial charge in [0.1, 0.15) is 24.2 Å². The van der Waals surface area contributed by atoms with E-state index in [-0.39, 0.29) is 42.5 Å². The predicted octanol–water partition coefficient (Wildman–Crippen LogP) is 6.39. The highest BCUT2D eigenvalue weighted by Gasteiger charge is 2.14. The fraction of sp³-hybridized carbons (Fsp3) is 0.394. The van der Waals surface area contributed by atoms with Gasteiger partial charge in [-0.25, -0.2) is 0 Å². The van der Waals surface area contributed by atoms with Gasteiger partial charge in [0.2, 0.25) is 0 Å². The number of esters is 1. The Morgan fingerprint density at radius 3 is 1.81 bits per heavy atom. The van der Waals surface area contributed by atoms with Crippen molar-refractivity contribution in [3.05, 3.63) is 78.4 Å². The van der Waals surface area contributed by atoms with E-state index in [9.17, 15) is 9.59 Å². The lowest BCUT2D eigenvalue weighted by molar-refractivity contribution is -0.147. The number of rotatable bonds is 16. The topological polar surface area (TPSA) is 92.3 Å². The van der Waals surface area contributed by atoms with E-state index < -0.39 is 0 Å². The lowest BCUT2D eigenvalue weighted by atomic mass is 10.1. The van der Waals surface area contributed by atoms with Gasteiger partial charge in [-0.05, 0) is 94.3 Å². The molecule has 8 nitrogen and oxygen atoms in total. The average molecular weight is 596 g/mol. The number of anilines is 1. The zero-order chi connectivity index (χ0) is 30.5. The zero-order valence-electron chi connectivity index (χ0n) is 25.0. The third kappa shape index (κ3) is 11.1. The van der Waals surface area contributed by atoms with Crippen molar-refractivity contribution >= 4 is 26.8 Å². The molecule has 0 bridgehead atoms. The maximum absolute atomic E-state index is 12.8. The fourth-order valence-corrected chi connectivity index (χ4v) is 3.93. The molecule has 226 valence electrons. The third-order valence-electron chi connectivity index (χ3n) is 6.16. The molecule has 1 amide bonds. The van der Waals surface area contributed by atoms with Crippen LogP contribution in [0.15, 0.2) is 72.8 Å². The molecule has 42 heavy (non-hydrogen) atoms. The maximum atomic E-state index is 12.8. The monoisotopic (exact) mass is 595 g/mol. The number of ether oxygens (including phenoxy) is 5. The molecule has 0 saturated carbocycles. The van der Waals surface area contributed by atoms with Crippen LogP contribution < -0.4 is 14.8 Å². The van der Waals surface area contributed by atoms with Crippen molar-refractivity contribution in [2.75, 3.05) is 31.7 Å². The summed E-state index contributed by atoms with van der Waals surface area (Å²) in [4.78, 5) is 24.3. The summed E-state index contributed by atoms with van der Waals surface area (Å²) in [5, 5.41) is 2.94. The van der Waals surface area contributed by atoms with Gasteiger partial charge in [0.25, 0.3) is 5.91 Å². The van der Waals surface area contributed by atoms with Gasteiger partial charge < -0.3 is 29.0 Å². The predicted molar refractivity (Wildman–Crippen MR) is 168 cm³/mol. The second-order valence-corrected chi connectivity index (χ2v) is 11.1. The van der Waals surface area contributed by atoms with Gasteiger partial charge in [-0.3, -0.25) is 9.59 Å². The SMILES string of the molecule is CCOc1ccc(-c2ccc(NC(=O)c3ccc(OC(C)COC(C)COC(C)COC(=O)C(C)P)cc3)cc2)cc1. The molecule has 0 aliphatic rings. The van der Waals surface area contributed by atoms with Crippen molar-refractivity contribution in [3.8, 4) is 22.6 Å². The Balaban J connectivity index is 1.39. The van der Waals surface area contributed by atoms with Crippen LogP contribution in [0.1, 0.15) is 45.0 Å². The van der Waals surface area contributed by atoms with Crippen molar-refractivity contribution in [1.82, 2.24) is 0 Å². The summed E-state index contributed by atoms with van der Waals surface area (Å²) >= 11 is 0. The number of hydrogen-bond acceptors (Lipinski definition) is 7. The molecule has 0 heterocycles. The summed E-state index contributed by atoms with van der Waals surface area (Å²) in [5.41, 5.74) is 3.12. The number of amides is 1. The molecule has 3 aromatic carbocycles. The van der Waals surface area contributed by atoms with E-state index in [1.807, 2.05) is 76.2 Å². The van der Waals surface area contributed by atoms with E-state index in [2.05, 4.69) is 14.6 Å². The first-order valence-electron chi connectivity index (χ1n) is 14.2. The lowest BCUT2D eigenvalue weighted by Crippen LogP contribution is -2.28. The second kappa shape index (κ2) is 16.9. The molecule has 3 rings (SSSR count). The Kier molecular flexibility index (Phi) is 13.3. The molecule has 0 radical (unpaired) electrons. The summed E-state index contributed by atoms with van der Waals surface area (Å²) < 4.78 is 28.2. The van der Waals surface area contributed by atoms with E-state index in [4.69, 9.17) is 23.7 Å². The van der Waals surface area contributed by atoms with Crippen LogP contribution in [0.5, 0.6) is 11.5 Å². The molecular formula is C33H42NO7P. The highest BCUT2D eigenvalue weighted by molar-refractivity contribution is 7.19. The molecule has 5 atom stereocenters. The Morgan fingerprint density at radius 1 is 0.714 bits per heavy atom. The van der Waals surface area contributed by atoms with Crippen LogP contribution in [-0.2, 0) is 19.0 Å². The van der Waals surface area contributed by atoms with E-state index in [1.54, 1.807) is 31.2 Å². The largest absolute Gasteiger partial charge is 0.494 e. The van der Waals surface area contributed by atoms with Crippen molar-refractivity contribution < 1.29 is 33.3 Å². The van der Waals surface area contributed by atoms with E-state index >= 15 is 0 Å². The number of carbonyl (C=O) groups excluding carboxylic acids is 2. The van der Waals surface area contributed by atoms with Crippen LogP contribution in [0.4, 0.5) is 5.69 Å². The molecule has 3 aromatic rings. The minimum absolute atomic E-state index is 0.157. The van der Waals surface area contributed by atoms with Gasteiger partial charge in [0, 0.05) is 11.3 Å². The van der Waals surface area contributed by atoms with Crippen LogP contribution >= 0.6 is 9.24 Å². The molecule has 0 aliphatic carbocycles. The Bertz CT molecular complexity index is 1250. The number of hydrogen-bond donors (Lipinski definition) is 1. The summed E-state index contributed by atoms with van der Waals surface area (Å²) in [6.45, 7) is 11.0. The minimum Gasteiger partial charge on any atom is -0.494 e. The first-order chi connectivity index (χ1) is 20.1. The summed E-state index contributed by atoms with van der Waals surface area (Å²) in [7, 11) is 2.41. The van der Waals surface area contributed by atoms with Crippen LogP contribution in [0.2, 0.25) is 0 Å². The van der Waals surface area contributed by atoms with Gasteiger partial charge in [-0.15, -0.1) is 9.24 Å². The third-order valence-corrected chi connectivity index (χ3v) is 6.43. The fourth-order valence-electron chi connectivity index (χ4n) is 3.84. The molecule has 0 aromatic heterocycles. The standard InChI is InChI=1S/C33H42NO7P/c1-6-37-30-15-9-27(10-16-30)26-7-13-29(14-8-26)34-32(35)28-11-17-31(18-12-28)41-24(4)21-39-22(2)19-38-23(3)20-40-33(36)25(5)42/h7-18,22-25H,6,19-21,42H2,1-5H3,(H,34,35).